The zero-order valence-corrected chi connectivity index (χ0v) is 9.21. The summed E-state index contributed by atoms with van der Waals surface area (Å²) in [6, 6.07) is 1.02. The second-order valence-corrected chi connectivity index (χ2v) is 3.94. The van der Waals surface area contributed by atoms with E-state index in [4.69, 9.17) is 15.7 Å². The predicted molar refractivity (Wildman–Crippen MR) is 58.1 cm³/mol. The van der Waals surface area contributed by atoms with Crippen molar-refractivity contribution in [1.29, 1.82) is 0 Å². The highest BCUT2D eigenvalue weighted by atomic mass is 16.6. The van der Waals surface area contributed by atoms with Crippen LogP contribution in [0.1, 0.15) is 6.23 Å². The number of ether oxygens (including phenoxy) is 1. The van der Waals surface area contributed by atoms with E-state index in [1.54, 1.807) is 0 Å². The first kappa shape index (κ1) is 12.8. The van der Waals surface area contributed by atoms with Gasteiger partial charge in [0.15, 0.2) is 6.23 Å². The topological polar surface area (TPSA) is 140 Å². The van der Waals surface area contributed by atoms with Crippen molar-refractivity contribution in [3.8, 4) is 0 Å². The SMILES string of the molecule is Nn1c(=O)ccn([C@@H]2O[C@H](CO)[C@@H](O)[C@H]2O)c1=O. The molecule has 0 amide bonds. The molecule has 0 bridgehead atoms. The van der Waals surface area contributed by atoms with E-state index in [0.717, 1.165) is 16.8 Å². The summed E-state index contributed by atoms with van der Waals surface area (Å²) in [7, 11) is 0. The predicted octanol–water partition coefficient (Wildman–Crippen LogP) is -3.66. The van der Waals surface area contributed by atoms with Crippen molar-refractivity contribution in [3.05, 3.63) is 33.1 Å². The first-order valence-electron chi connectivity index (χ1n) is 5.19. The molecule has 1 aliphatic rings. The molecule has 0 radical (unpaired) electrons. The Bertz CT molecular complexity index is 552. The monoisotopic (exact) mass is 259 g/mol. The molecule has 1 aromatic rings. The van der Waals surface area contributed by atoms with Gasteiger partial charge in [-0.25, -0.2) is 4.79 Å². The van der Waals surface area contributed by atoms with Crippen LogP contribution in [0.2, 0.25) is 0 Å². The van der Waals surface area contributed by atoms with E-state index >= 15 is 0 Å². The minimum Gasteiger partial charge on any atom is -0.394 e. The Balaban J connectivity index is 2.42. The van der Waals surface area contributed by atoms with Crippen molar-refractivity contribution in [1.82, 2.24) is 9.24 Å². The van der Waals surface area contributed by atoms with Crippen molar-refractivity contribution in [3.63, 3.8) is 0 Å². The maximum Gasteiger partial charge on any atom is 0.351 e. The van der Waals surface area contributed by atoms with E-state index in [0.29, 0.717) is 4.68 Å². The van der Waals surface area contributed by atoms with E-state index in [1.807, 2.05) is 0 Å². The molecule has 1 aliphatic heterocycles. The fourth-order valence-corrected chi connectivity index (χ4v) is 1.81. The fourth-order valence-electron chi connectivity index (χ4n) is 1.81. The molecule has 0 aliphatic carbocycles. The Morgan fingerprint density at radius 2 is 2.00 bits per heavy atom. The van der Waals surface area contributed by atoms with Gasteiger partial charge in [0.25, 0.3) is 5.56 Å². The van der Waals surface area contributed by atoms with Crippen molar-refractivity contribution < 1.29 is 20.1 Å². The van der Waals surface area contributed by atoms with Gasteiger partial charge < -0.3 is 25.9 Å². The normalized spacial score (nSPS) is 31.7. The molecule has 1 aromatic heterocycles. The number of hydrogen-bond acceptors (Lipinski definition) is 7. The Morgan fingerprint density at radius 3 is 2.56 bits per heavy atom. The van der Waals surface area contributed by atoms with E-state index in [-0.39, 0.29) is 0 Å². The summed E-state index contributed by atoms with van der Waals surface area (Å²) >= 11 is 0. The second-order valence-electron chi connectivity index (χ2n) is 3.94. The maximum atomic E-state index is 11.7. The molecule has 0 aromatic carbocycles. The fraction of sp³-hybridized carbons (Fsp3) is 0.556. The van der Waals surface area contributed by atoms with Crippen molar-refractivity contribution in [2.75, 3.05) is 12.4 Å². The van der Waals surface area contributed by atoms with Crippen LogP contribution in [0.4, 0.5) is 0 Å². The minimum absolute atomic E-state index is 0.356. The van der Waals surface area contributed by atoms with Gasteiger partial charge in [0.2, 0.25) is 0 Å². The summed E-state index contributed by atoms with van der Waals surface area (Å²) in [6.07, 6.45) is -3.84. The second kappa shape index (κ2) is 4.53. The largest absolute Gasteiger partial charge is 0.394 e. The molecule has 5 N–H and O–H groups in total. The smallest absolute Gasteiger partial charge is 0.351 e. The van der Waals surface area contributed by atoms with Crippen LogP contribution in [0.25, 0.3) is 0 Å². The van der Waals surface area contributed by atoms with Gasteiger partial charge in [-0.1, -0.05) is 0 Å². The Hall–Kier alpha value is -1.68. The van der Waals surface area contributed by atoms with Gasteiger partial charge in [-0.2, -0.15) is 4.68 Å². The summed E-state index contributed by atoms with van der Waals surface area (Å²) in [5.74, 6) is 5.22. The quantitative estimate of drug-likeness (QED) is 0.401. The lowest BCUT2D eigenvalue weighted by atomic mass is 10.1. The summed E-state index contributed by atoms with van der Waals surface area (Å²) in [4.78, 5) is 22.8. The Morgan fingerprint density at radius 1 is 1.33 bits per heavy atom. The number of hydrogen-bond donors (Lipinski definition) is 4. The van der Waals surface area contributed by atoms with Crippen LogP contribution >= 0.6 is 0 Å². The molecule has 4 atom stereocenters. The third-order valence-electron chi connectivity index (χ3n) is 2.83. The number of rotatable bonds is 2. The van der Waals surface area contributed by atoms with Crippen molar-refractivity contribution >= 4 is 0 Å². The number of nitrogens with zero attached hydrogens (tertiary/aromatic N) is 2. The van der Waals surface area contributed by atoms with Crippen LogP contribution in [0.15, 0.2) is 21.9 Å². The highest BCUT2D eigenvalue weighted by Crippen LogP contribution is 2.27. The van der Waals surface area contributed by atoms with Gasteiger partial charge >= 0.3 is 5.69 Å². The molecule has 18 heavy (non-hydrogen) atoms. The molecule has 2 heterocycles. The Labute approximate surface area is 100 Å². The lowest BCUT2D eigenvalue weighted by Crippen LogP contribution is -2.46. The van der Waals surface area contributed by atoms with Crippen molar-refractivity contribution in [2.24, 2.45) is 0 Å². The summed E-state index contributed by atoms with van der Waals surface area (Å²) in [6.45, 7) is -0.508. The van der Waals surface area contributed by atoms with Crippen LogP contribution in [0.3, 0.4) is 0 Å². The molecular formula is C9H13N3O6. The number of nitrogen functional groups attached to an aromatic ring is 1. The zero-order valence-electron chi connectivity index (χ0n) is 9.21. The first-order chi connectivity index (χ1) is 8.47. The first-order valence-corrected chi connectivity index (χ1v) is 5.19. The van der Waals surface area contributed by atoms with E-state index < -0.39 is 42.4 Å². The van der Waals surface area contributed by atoms with Crippen LogP contribution in [0.5, 0.6) is 0 Å². The molecule has 2 rings (SSSR count). The average molecular weight is 259 g/mol. The van der Waals surface area contributed by atoms with Gasteiger partial charge in [-0.15, -0.1) is 0 Å². The Kier molecular flexibility index (Phi) is 3.22. The third-order valence-corrected chi connectivity index (χ3v) is 2.83. The number of aliphatic hydroxyl groups excluding tert-OH is 3. The minimum atomic E-state index is -1.41. The molecule has 9 nitrogen and oxygen atoms in total. The van der Waals surface area contributed by atoms with Gasteiger partial charge in [0.05, 0.1) is 6.61 Å². The van der Waals surface area contributed by atoms with Crippen molar-refractivity contribution in [2.45, 2.75) is 24.5 Å². The van der Waals surface area contributed by atoms with E-state index in [9.17, 15) is 19.8 Å². The molecular weight excluding hydrogens is 246 g/mol. The highest BCUT2D eigenvalue weighted by Gasteiger charge is 2.43. The standard InChI is InChI=1S/C9H13N3O6/c10-12-5(14)1-2-11(9(12)17)8-7(16)6(15)4(3-13)18-8/h1-2,4,6-8,13,15-16H,3,10H2/t4-,6-,7-,8-/m1/s1. The summed E-state index contributed by atoms with van der Waals surface area (Å²) < 4.78 is 6.37. The summed E-state index contributed by atoms with van der Waals surface area (Å²) in [5.41, 5.74) is -1.60. The number of aliphatic hydroxyl groups is 3. The molecule has 0 spiro atoms. The molecule has 9 heteroatoms. The van der Waals surface area contributed by atoms with Gasteiger partial charge in [-0.05, 0) is 0 Å². The zero-order chi connectivity index (χ0) is 13.4. The highest BCUT2D eigenvalue weighted by molar-refractivity contribution is 4.94. The molecule has 100 valence electrons. The third kappa shape index (κ3) is 1.82. The van der Waals surface area contributed by atoms with Gasteiger partial charge in [0, 0.05) is 12.3 Å². The number of aromatic nitrogens is 2. The lowest BCUT2D eigenvalue weighted by molar-refractivity contribution is -0.0554. The molecule has 1 fully saturated rings. The summed E-state index contributed by atoms with van der Waals surface area (Å²) in [5, 5.41) is 28.2. The maximum absolute atomic E-state index is 11.7. The van der Waals surface area contributed by atoms with E-state index in [2.05, 4.69) is 0 Å². The van der Waals surface area contributed by atoms with Gasteiger partial charge in [0.1, 0.15) is 18.3 Å². The van der Waals surface area contributed by atoms with Crippen LogP contribution in [-0.4, -0.2) is 49.5 Å². The van der Waals surface area contributed by atoms with Crippen LogP contribution in [0, 0.1) is 0 Å². The molecule has 0 unspecified atom stereocenters. The van der Waals surface area contributed by atoms with Gasteiger partial charge in [-0.3, -0.25) is 9.36 Å². The number of nitrogens with two attached hydrogens (primary N) is 1. The average Bonchev–Trinajstić information content (AvgIpc) is 2.64. The van der Waals surface area contributed by atoms with E-state index in [1.165, 1.54) is 0 Å². The molecule has 1 saturated heterocycles. The molecule has 0 saturated carbocycles. The van der Waals surface area contributed by atoms with Crippen LogP contribution < -0.4 is 17.1 Å². The van der Waals surface area contributed by atoms with Crippen LogP contribution in [-0.2, 0) is 4.74 Å². The lowest BCUT2D eigenvalue weighted by Gasteiger charge is -2.17.